The summed E-state index contributed by atoms with van der Waals surface area (Å²) in [5.41, 5.74) is 6.35. The fourth-order valence-electron chi connectivity index (χ4n) is 3.49. The summed E-state index contributed by atoms with van der Waals surface area (Å²) in [6.45, 7) is 3.60. The monoisotopic (exact) mass is 422 g/mol. The number of carbonyl (C=O) groups is 1. The zero-order valence-corrected chi connectivity index (χ0v) is 17.3. The van der Waals surface area contributed by atoms with Gasteiger partial charge in [-0.3, -0.25) is 4.79 Å². The molecule has 2 saturated heterocycles. The van der Waals surface area contributed by atoms with Gasteiger partial charge in [0.1, 0.15) is 10.6 Å². The van der Waals surface area contributed by atoms with E-state index < -0.39 is 10.0 Å². The number of nitrogens with zero attached hydrogens (tertiary/aromatic N) is 2. The minimum atomic E-state index is -3.54. The van der Waals surface area contributed by atoms with Crippen LogP contribution in [0.2, 0.25) is 0 Å². The Morgan fingerprint density at radius 2 is 2.00 bits per heavy atom. The Balaban J connectivity index is 0.00000243. The third kappa shape index (κ3) is 4.39. The van der Waals surface area contributed by atoms with Crippen LogP contribution in [-0.4, -0.2) is 71.7 Å². The molecule has 3 N–H and O–H groups in total. The molecule has 148 valence electrons. The maximum Gasteiger partial charge on any atom is 0.270 e. The molecule has 26 heavy (non-hydrogen) atoms. The van der Waals surface area contributed by atoms with Gasteiger partial charge in [-0.2, -0.15) is 16.1 Å². The lowest BCUT2D eigenvalue weighted by molar-refractivity contribution is 0.0578. The zero-order chi connectivity index (χ0) is 18.0. The lowest BCUT2D eigenvalue weighted by Crippen LogP contribution is -2.51. The Bertz CT molecular complexity index is 717. The Kier molecular flexibility index (Phi) is 7.43. The number of carbonyl (C=O) groups excluding carboxylic acids is 1. The molecule has 1 amide bonds. The van der Waals surface area contributed by atoms with Crippen molar-refractivity contribution in [3.8, 4) is 0 Å². The SMILES string of the molecule is CC(N)C1CCCCN1C(=O)c1cc(S(=O)(=O)N2CCSCC2)c[nH]1.Cl. The van der Waals surface area contributed by atoms with Gasteiger partial charge in [-0.25, -0.2) is 8.42 Å². The average Bonchev–Trinajstić information content (AvgIpc) is 3.13. The summed E-state index contributed by atoms with van der Waals surface area (Å²) >= 11 is 1.76. The van der Waals surface area contributed by atoms with Crippen LogP contribution in [0.3, 0.4) is 0 Å². The summed E-state index contributed by atoms with van der Waals surface area (Å²) in [7, 11) is -3.54. The molecule has 1 aromatic rings. The molecule has 2 atom stereocenters. The lowest BCUT2D eigenvalue weighted by atomic mass is 9.96. The fourth-order valence-corrected chi connectivity index (χ4v) is 6.06. The number of nitrogens with two attached hydrogens (primary N) is 1. The first kappa shape index (κ1) is 21.6. The molecule has 0 aliphatic carbocycles. The Hall–Kier alpha value is -0.740. The van der Waals surface area contributed by atoms with Gasteiger partial charge in [0, 0.05) is 49.4 Å². The zero-order valence-electron chi connectivity index (χ0n) is 14.9. The van der Waals surface area contributed by atoms with Gasteiger partial charge >= 0.3 is 0 Å². The molecule has 7 nitrogen and oxygen atoms in total. The van der Waals surface area contributed by atoms with Crippen molar-refractivity contribution < 1.29 is 13.2 Å². The number of hydrogen-bond acceptors (Lipinski definition) is 5. The summed E-state index contributed by atoms with van der Waals surface area (Å²) in [6.07, 6.45) is 4.33. The standard InChI is InChI=1S/C16H26N4O3S2.ClH/c1-12(17)15-4-2-3-5-20(15)16(21)14-10-13(11-18-14)25(22,23)19-6-8-24-9-7-19;/h10-12,15,18H,2-9,17H2,1H3;1H. The van der Waals surface area contributed by atoms with Gasteiger partial charge in [-0.15, -0.1) is 12.4 Å². The largest absolute Gasteiger partial charge is 0.356 e. The number of hydrogen-bond donors (Lipinski definition) is 2. The van der Waals surface area contributed by atoms with Gasteiger partial charge in [-0.1, -0.05) is 0 Å². The van der Waals surface area contributed by atoms with Crippen molar-refractivity contribution >= 4 is 40.1 Å². The number of halogens is 1. The van der Waals surface area contributed by atoms with Crippen molar-refractivity contribution in [1.82, 2.24) is 14.2 Å². The molecule has 3 rings (SSSR count). The Morgan fingerprint density at radius 1 is 1.31 bits per heavy atom. The first-order chi connectivity index (χ1) is 11.9. The summed E-state index contributed by atoms with van der Waals surface area (Å²) in [6, 6.07) is 1.36. The van der Waals surface area contributed by atoms with Crippen LogP contribution in [0.5, 0.6) is 0 Å². The van der Waals surface area contributed by atoms with E-state index in [0.29, 0.717) is 25.3 Å². The summed E-state index contributed by atoms with van der Waals surface area (Å²) in [5, 5.41) is 0. The highest BCUT2D eigenvalue weighted by Crippen LogP contribution is 2.24. The molecule has 0 saturated carbocycles. The van der Waals surface area contributed by atoms with E-state index >= 15 is 0 Å². The molecule has 2 aliphatic heterocycles. The topological polar surface area (TPSA) is 99.5 Å². The van der Waals surface area contributed by atoms with Crippen LogP contribution in [0, 0.1) is 0 Å². The molecule has 10 heteroatoms. The third-order valence-electron chi connectivity index (χ3n) is 4.91. The minimum Gasteiger partial charge on any atom is -0.356 e. The van der Waals surface area contributed by atoms with Crippen LogP contribution < -0.4 is 5.73 Å². The van der Waals surface area contributed by atoms with E-state index in [1.807, 2.05) is 6.92 Å². The van der Waals surface area contributed by atoms with Gasteiger partial charge in [0.25, 0.3) is 5.91 Å². The highest BCUT2D eigenvalue weighted by molar-refractivity contribution is 7.99. The van der Waals surface area contributed by atoms with Crippen LogP contribution >= 0.6 is 24.2 Å². The van der Waals surface area contributed by atoms with Crippen molar-refractivity contribution in [2.45, 2.75) is 43.2 Å². The second kappa shape index (κ2) is 8.97. The van der Waals surface area contributed by atoms with Gasteiger partial charge in [-0.05, 0) is 32.3 Å². The number of thioether (sulfide) groups is 1. The number of likely N-dealkylation sites (tertiary alicyclic amines) is 1. The second-order valence-electron chi connectivity index (χ2n) is 6.69. The molecule has 0 spiro atoms. The smallest absolute Gasteiger partial charge is 0.270 e. The third-order valence-corrected chi connectivity index (χ3v) is 7.73. The number of aromatic amines is 1. The quantitative estimate of drug-likeness (QED) is 0.766. The maximum atomic E-state index is 12.9. The fraction of sp³-hybridized carbons (Fsp3) is 0.688. The van der Waals surface area contributed by atoms with Gasteiger partial charge in [0.05, 0.1) is 0 Å². The Labute approximate surface area is 165 Å². The normalized spacial score (nSPS) is 23.3. The second-order valence-corrected chi connectivity index (χ2v) is 9.85. The molecule has 2 unspecified atom stereocenters. The van der Waals surface area contributed by atoms with Crippen LogP contribution in [0.4, 0.5) is 0 Å². The predicted octanol–water partition coefficient (Wildman–Crippen LogP) is 1.52. The molecule has 3 heterocycles. The number of piperidine rings is 1. The van der Waals surface area contributed by atoms with E-state index in [2.05, 4.69) is 4.98 Å². The van der Waals surface area contributed by atoms with Crippen LogP contribution in [0.1, 0.15) is 36.7 Å². The van der Waals surface area contributed by atoms with Crippen molar-refractivity contribution in [2.75, 3.05) is 31.1 Å². The highest BCUT2D eigenvalue weighted by Gasteiger charge is 2.32. The van der Waals surface area contributed by atoms with Gasteiger partial charge < -0.3 is 15.6 Å². The summed E-state index contributed by atoms with van der Waals surface area (Å²) < 4.78 is 26.9. The van der Waals surface area contributed by atoms with E-state index in [1.165, 1.54) is 16.6 Å². The summed E-state index contributed by atoms with van der Waals surface area (Å²) in [4.78, 5) is 17.7. The van der Waals surface area contributed by atoms with E-state index in [-0.39, 0.29) is 35.3 Å². The molecule has 2 aliphatic rings. The first-order valence-corrected chi connectivity index (χ1v) is 11.3. The molecule has 0 bridgehead atoms. The van der Waals surface area contributed by atoms with Gasteiger partial charge in [0.2, 0.25) is 10.0 Å². The van der Waals surface area contributed by atoms with E-state index in [4.69, 9.17) is 5.73 Å². The highest BCUT2D eigenvalue weighted by atomic mass is 35.5. The van der Waals surface area contributed by atoms with Crippen molar-refractivity contribution in [3.63, 3.8) is 0 Å². The van der Waals surface area contributed by atoms with Crippen LogP contribution in [0.25, 0.3) is 0 Å². The molecule has 2 fully saturated rings. The Morgan fingerprint density at radius 3 is 2.65 bits per heavy atom. The molecular formula is C16H27ClN4O3S2. The number of aromatic nitrogens is 1. The maximum absolute atomic E-state index is 12.9. The van der Waals surface area contributed by atoms with E-state index in [9.17, 15) is 13.2 Å². The number of sulfonamides is 1. The van der Waals surface area contributed by atoms with E-state index in [0.717, 1.165) is 30.8 Å². The molecule has 1 aromatic heterocycles. The van der Waals surface area contributed by atoms with Crippen LogP contribution in [0.15, 0.2) is 17.2 Å². The minimum absolute atomic E-state index is 0. The van der Waals surface area contributed by atoms with Gasteiger partial charge in [0.15, 0.2) is 0 Å². The molecular weight excluding hydrogens is 396 g/mol. The summed E-state index contributed by atoms with van der Waals surface area (Å²) in [5.74, 6) is 1.44. The lowest BCUT2D eigenvalue weighted by Gasteiger charge is -2.37. The van der Waals surface area contributed by atoms with E-state index in [1.54, 1.807) is 16.7 Å². The molecule has 0 aromatic carbocycles. The number of nitrogens with one attached hydrogen (secondary N) is 1. The van der Waals surface area contributed by atoms with Crippen LogP contribution in [-0.2, 0) is 10.0 Å². The predicted molar refractivity (Wildman–Crippen MR) is 106 cm³/mol. The van der Waals surface area contributed by atoms with Crippen molar-refractivity contribution in [3.05, 3.63) is 18.0 Å². The number of amides is 1. The molecule has 0 radical (unpaired) electrons. The van der Waals surface area contributed by atoms with Crippen molar-refractivity contribution in [2.24, 2.45) is 5.73 Å². The first-order valence-electron chi connectivity index (χ1n) is 8.74. The average molecular weight is 423 g/mol. The number of H-pyrrole nitrogens is 1. The number of rotatable bonds is 4. The van der Waals surface area contributed by atoms with Crippen molar-refractivity contribution in [1.29, 1.82) is 0 Å².